The molecule has 1 saturated carbocycles. The Morgan fingerprint density at radius 3 is 2.45 bits per heavy atom. The van der Waals surface area contributed by atoms with Gasteiger partial charge in [-0.2, -0.15) is 0 Å². The molecule has 2 aliphatic rings. The van der Waals surface area contributed by atoms with E-state index in [1.165, 1.54) is 6.92 Å². The summed E-state index contributed by atoms with van der Waals surface area (Å²) in [6.45, 7) is 4.93. The molecule has 47 heavy (non-hydrogen) atoms. The Morgan fingerprint density at radius 1 is 1.06 bits per heavy atom. The fraction of sp³-hybridized carbons (Fsp3) is 0.706. The van der Waals surface area contributed by atoms with Crippen molar-refractivity contribution < 1.29 is 29.3 Å². The first-order valence-electron chi connectivity index (χ1n) is 17.2. The van der Waals surface area contributed by atoms with Gasteiger partial charge in [0, 0.05) is 51.5 Å². The number of esters is 1. The predicted octanol–water partition coefficient (Wildman–Crippen LogP) is 2.81. The molecule has 13 nitrogen and oxygen atoms in total. The summed E-state index contributed by atoms with van der Waals surface area (Å²) in [5.41, 5.74) is 23.7. The van der Waals surface area contributed by atoms with Gasteiger partial charge in [0.2, 0.25) is 5.91 Å². The molecule has 3 rings (SSSR count). The van der Waals surface area contributed by atoms with Crippen LogP contribution in [0.4, 0.5) is 0 Å². The number of nitrogens with zero attached hydrogens (tertiary/aromatic N) is 3. The number of phenolic OH excluding ortho intramolecular Hbond substituents is 1. The topological polar surface area (TPSA) is 225 Å². The Morgan fingerprint density at radius 2 is 1.79 bits per heavy atom. The number of carbonyl (C=O) groups excluding carboxylic acids is 2. The Labute approximate surface area is 279 Å². The highest BCUT2D eigenvalue weighted by atomic mass is 16.5. The number of aryl methyl sites for hydroxylation is 1. The molecule has 0 radical (unpaired) electrons. The third-order valence-electron chi connectivity index (χ3n) is 9.15. The van der Waals surface area contributed by atoms with Gasteiger partial charge in [-0.15, -0.1) is 0 Å². The van der Waals surface area contributed by atoms with Crippen molar-refractivity contribution in [1.29, 1.82) is 0 Å². The van der Waals surface area contributed by atoms with Gasteiger partial charge in [0.25, 0.3) is 0 Å². The van der Waals surface area contributed by atoms with Crippen molar-refractivity contribution in [1.82, 2.24) is 4.90 Å². The number of ether oxygens (including phenoxy) is 2. The minimum absolute atomic E-state index is 0.00280. The SMILES string of the molecule is CCCCCC(O)CC(CCc1cc(CN2CC(C(CCN=C(N)N)CN=C(N)N)CC2=O)c(O)c(OC2CCCC2)c1)OC(C)=O. The summed E-state index contributed by atoms with van der Waals surface area (Å²) < 4.78 is 11.9. The van der Waals surface area contributed by atoms with E-state index in [4.69, 9.17) is 32.4 Å². The van der Waals surface area contributed by atoms with E-state index in [2.05, 4.69) is 16.9 Å². The monoisotopic (exact) mass is 659 g/mol. The number of amides is 1. The average molecular weight is 660 g/mol. The van der Waals surface area contributed by atoms with Crippen LogP contribution in [0.1, 0.15) is 102 Å². The average Bonchev–Trinajstić information content (AvgIpc) is 3.64. The van der Waals surface area contributed by atoms with Gasteiger partial charge in [0.05, 0.1) is 12.2 Å². The van der Waals surface area contributed by atoms with Crippen LogP contribution in [0.15, 0.2) is 22.1 Å². The number of benzene rings is 1. The van der Waals surface area contributed by atoms with Crippen molar-refractivity contribution in [3.63, 3.8) is 0 Å². The van der Waals surface area contributed by atoms with E-state index in [1.54, 1.807) is 4.90 Å². The molecule has 264 valence electrons. The highest BCUT2D eigenvalue weighted by molar-refractivity contribution is 5.79. The number of rotatable bonds is 20. The lowest BCUT2D eigenvalue weighted by atomic mass is 9.88. The van der Waals surface area contributed by atoms with Crippen LogP contribution < -0.4 is 27.7 Å². The summed E-state index contributed by atoms with van der Waals surface area (Å²) in [7, 11) is 0. The fourth-order valence-electron chi connectivity index (χ4n) is 6.64. The van der Waals surface area contributed by atoms with E-state index < -0.39 is 12.2 Å². The van der Waals surface area contributed by atoms with Gasteiger partial charge in [-0.25, -0.2) is 0 Å². The summed E-state index contributed by atoms with van der Waals surface area (Å²) in [5, 5.41) is 22.0. The first-order valence-corrected chi connectivity index (χ1v) is 17.2. The van der Waals surface area contributed by atoms with Crippen LogP contribution >= 0.6 is 0 Å². The second-order valence-electron chi connectivity index (χ2n) is 13.1. The summed E-state index contributed by atoms with van der Waals surface area (Å²) >= 11 is 0. The maximum absolute atomic E-state index is 13.3. The molecule has 4 atom stereocenters. The highest BCUT2D eigenvalue weighted by Crippen LogP contribution is 2.38. The normalized spacial score (nSPS) is 18.5. The zero-order chi connectivity index (χ0) is 34.3. The number of aliphatic hydroxyl groups excluding tert-OH is 1. The van der Waals surface area contributed by atoms with E-state index in [9.17, 15) is 19.8 Å². The van der Waals surface area contributed by atoms with Crippen LogP contribution in [0.2, 0.25) is 0 Å². The van der Waals surface area contributed by atoms with Gasteiger partial charge in [-0.1, -0.05) is 32.3 Å². The minimum atomic E-state index is -0.549. The molecule has 0 bridgehead atoms. The predicted molar refractivity (Wildman–Crippen MR) is 183 cm³/mol. The zero-order valence-electron chi connectivity index (χ0n) is 28.2. The number of likely N-dealkylation sites (tertiary alicyclic amines) is 1. The molecule has 1 aliphatic carbocycles. The Balaban J connectivity index is 1.79. The maximum Gasteiger partial charge on any atom is 0.302 e. The van der Waals surface area contributed by atoms with Crippen LogP contribution in [0.5, 0.6) is 11.5 Å². The quantitative estimate of drug-likeness (QED) is 0.0519. The lowest BCUT2D eigenvalue weighted by molar-refractivity contribution is -0.148. The van der Waals surface area contributed by atoms with Gasteiger partial charge in [0.1, 0.15) is 6.10 Å². The largest absolute Gasteiger partial charge is 0.504 e. The van der Waals surface area contributed by atoms with Crippen LogP contribution in [-0.4, -0.2) is 76.9 Å². The molecule has 1 amide bonds. The Kier molecular flexibility index (Phi) is 15.4. The lowest BCUT2D eigenvalue weighted by Gasteiger charge is -2.24. The third kappa shape index (κ3) is 13.1. The molecule has 4 unspecified atom stereocenters. The summed E-state index contributed by atoms with van der Waals surface area (Å²) in [5.74, 6) is -0.0331. The van der Waals surface area contributed by atoms with E-state index >= 15 is 0 Å². The van der Waals surface area contributed by atoms with Crippen molar-refractivity contribution in [2.45, 2.75) is 122 Å². The number of aromatic hydroxyl groups is 1. The molecule has 1 aromatic carbocycles. The molecule has 13 heteroatoms. The number of carbonyl (C=O) groups is 2. The van der Waals surface area contributed by atoms with Crippen LogP contribution in [-0.2, 0) is 27.3 Å². The van der Waals surface area contributed by atoms with E-state index in [0.717, 1.165) is 50.5 Å². The number of guanidine groups is 2. The molecule has 1 heterocycles. The summed E-state index contributed by atoms with van der Waals surface area (Å²) in [6.07, 6.45) is 9.08. The number of aliphatic hydroxyl groups is 1. The molecule has 2 fully saturated rings. The molecular formula is C34H57N7O6. The molecule has 1 aliphatic heterocycles. The zero-order valence-corrected chi connectivity index (χ0v) is 28.2. The number of phenols is 1. The van der Waals surface area contributed by atoms with Crippen molar-refractivity contribution in [3.05, 3.63) is 23.3 Å². The number of hydrogen-bond acceptors (Lipinski definition) is 8. The molecular weight excluding hydrogens is 602 g/mol. The second kappa shape index (κ2) is 19.2. The van der Waals surface area contributed by atoms with E-state index in [1.807, 2.05) is 12.1 Å². The van der Waals surface area contributed by atoms with Crippen molar-refractivity contribution >= 4 is 23.8 Å². The van der Waals surface area contributed by atoms with Gasteiger partial charge in [-0.3, -0.25) is 19.6 Å². The standard InChI is InChI=1S/C34H57N7O6/c1-3-4-5-8-27(43)18-29(46-22(2)42)12-11-23-15-26(32(45)30(16-23)47-28-9-6-7-10-28)21-41-20-25(17-31(41)44)24(19-40-34(37)38)13-14-39-33(35)36/h15-16,24-25,27-29,43,45H,3-14,17-21H2,1-2H3,(H4,35,36,39)(H4,37,38,40). The van der Waals surface area contributed by atoms with Crippen molar-refractivity contribution in [2.75, 3.05) is 19.6 Å². The molecule has 1 aromatic rings. The number of nitrogens with two attached hydrogens (primary N) is 4. The lowest BCUT2D eigenvalue weighted by Crippen LogP contribution is -2.29. The first-order chi connectivity index (χ1) is 22.4. The van der Waals surface area contributed by atoms with Crippen LogP contribution in [0, 0.1) is 11.8 Å². The van der Waals surface area contributed by atoms with Gasteiger partial charge < -0.3 is 47.5 Å². The number of unbranched alkanes of at least 4 members (excludes halogenated alkanes) is 2. The van der Waals surface area contributed by atoms with Crippen LogP contribution in [0.25, 0.3) is 0 Å². The minimum Gasteiger partial charge on any atom is -0.504 e. The second-order valence-corrected chi connectivity index (χ2v) is 13.1. The van der Waals surface area contributed by atoms with Gasteiger partial charge >= 0.3 is 5.97 Å². The first kappa shape index (κ1) is 37.7. The molecule has 10 N–H and O–H groups in total. The molecule has 0 spiro atoms. The highest BCUT2D eigenvalue weighted by Gasteiger charge is 2.35. The van der Waals surface area contributed by atoms with Crippen LogP contribution in [0.3, 0.4) is 0 Å². The Hall–Kier alpha value is -3.74. The smallest absolute Gasteiger partial charge is 0.302 e. The fourth-order valence-corrected chi connectivity index (χ4v) is 6.64. The molecule has 1 saturated heterocycles. The van der Waals surface area contributed by atoms with E-state index in [0.29, 0.717) is 69.5 Å². The summed E-state index contributed by atoms with van der Waals surface area (Å²) in [4.78, 5) is 35.2. The number of aliphatic imine (C=N–C) groups is 2. The van der Waals surface area contributed by atoms with Gasteiger partial charge in [-0.05, 0) is 74.8 Å². The maximum atomic E-state index is 13.3. The van der Waals surface area contributed by atoms with Gasteiger partial charge in [0.15, 0.2) is 23.4 Å². The van der Waals surface area contributed by atoms with Crippen molar-refractivity contribution in [3.8, 4) is 11.5 Å². The van der Waals surface area contributed by atoms with Crippen molar-refractivity contribution in [2.24, 2.45) is 44.8 Å². The van der Waals surface area contributed by atoms with E-state index in [-0.39, 0.29) is 54.0 Å². The number of hydrogen-bond donors (Lipinski definition) is 6. The summed E-state index contributed by atoms with van der Waals surface area (Å²) in [6, 6.07) is 3.75. The Bertz CT molecular complexity index is 1210. The third-order valence-corrected chi connectivity index (χ3v) is 9.15. The molecule has 0 aromatic heterocycles.